The lowest BCUT2D eigenvalue weighted by atomic mass is 9.99. The molecule has 2 fully saturated rings. The number of aliphatic hydroxyl groups excluding tert-OH is 6. The predicted octanol–water partition coefficient (Wildman–Crippen LogP) is -3.48. The van der Waals surface area contributed by atoms with Gasteiger partial charge in [-0.3, -0.25) is 63.4 Å². The molecule has 49 nitrogen and oxygen atoms in total. The number of nitrogens with zero attached hydrogens (tertiary/aromatic N) is 1. The van der Waals surface area contributed by atoms with Gasteiger partial charge in [0.25, 0.3) is 0 Å². The van der Waals surface area contributed by atoms with Crippen LogP contribution in [0, 0.1) is 15.6 Å². The third kappa shape index (κ3) is 33.2. The number of carboxylic acid groups (broad SMARTS) is 7. The average Bonchev–Trinajstić information content (AvgIpc) is 0.796. The molecule has 0 radical (unpaired) electrons. The minimum atomic E-state index is -2.08. The second kappa shape index (κ2) is 49.7. The van der Waals surface area contributed by atoms with Crippen LogP contribution in [0.2, 0.25) is 0 Å². The number of phenols is 4. The van der Waals surface area contributed by atoms with E-state index in [0.29, 0.717) is 53.0 Å². The minimum absolute atomic E-state index is 0.0851. The third-order valence-electron chi connectivity index (χ3n) is 15.5. The fourth-order valence-electron chi connectivity index (χ4n) is 9.20. The molecule has 0 aromatic heterocycles. The lowest BCUT2D eigenvalue weighted by molar-refractivity contribution is -0.278. The number of nitroso groups, excluding NO2 is 1. The van der Waals surface area contributed by atoms with E-state index in [-0.39, 0.29) is 34.1 Å². The van der Waals surface area contributed by atoms with E-state index in [2.05, 4.69) is 15.8 Å². The van der Waals surface area contributed by atoms with Crippen molar-refractivity contribution in [3.63, 3.8) is 0 Å². The highest BCUT2D eigenvalue weighted by Gasteiger charge is 2.50. The number of carboxylic acids is 7. The molecular weight excluding hydrogens is 2010 g/mol. The summed E-state index contributed by atoms with van der Waals surface area (Å²) in [7, 11) is 0. The van der Waals surface area contributed by atoms with E-state index in [1.54, 1.807) is 36.4 Å². The number of esters is 1. The number of carbonyl (C=O) groups excluding carboxylic acids is 8. The molecule has 7 amide bonds. The molecule has 2 aliphatic heterocycles. The maximum absolute atomic E-state index is 12.6. The van der Waals surface area contributed by atoms with E-state index < -0.39 is 246 Å². The fraction of sp³-hybridized carbons (Fsp3) is 0.328. The number of aromatic carboxylic acids is 1. The number of phenolic OH excluding ortho intramolecular Hbond substituents is 4. The first kappa shape index (κ1) is 104. The van der Waals surface area contributed by atoms with Crippen molar-refractivity contribution in [1.82, 2.24) is 21.3 Å². The Kier molecular flexibility index (Phi) is 42.8. The molecule has 121 heavy (non-hydrogen) atoms. The molecule has 33 N–H and O–H groups in total. The topological polar surface area (TPSA) is 877 Å². The highest BCUT2D eigenvalue weighted by atomic mass is 127. The summed E-state index contributed by atoms with van der Waals surface area (Å²) in [6, 6.07) is 11.4. The van der Waals surface area contributed by atoms with Crippen LogP contribution in [0.15, 0.2) is 93.8 Å². The zero-order valence-electron chi connectivity index (χ0n) is 61.2. The van der Waals surface area contributed by atoms with Crippen molar-refractivity contribution in [2.45, 2.75) is 121 Å². The highest BCUT2D eigenvalue weighted by Crippen LogP contribution is 2.42. The summed E-state index contributed by atoms with van der Waals surface area (Å²) in [6.45, 7) is -1.65. The van der Waals surface area contributed by atoms with E-state index >= 15 is 0 Å². The average molecular weight is 2090 g/mol. The number of nitrogens with two attached hydrogens (primary N) is 5. The van der Waals surface area contributed by atoms with Gasteiger partial charge in [0.05, 0.1) is 30.2 Å². The number of hydrogen-bond donors (Lipinski definition) is 28. The molecule has 0 bridgehead atoms. The molecule has 5 aromatic carbocycles. The first-order chi connectivity index (χ1) is 56.5. The van der Waals surface area contributed by atoms with Crippen LogP contribution in [0.25, 0.3) is 0 Å². The number of nitrogens with one attached hydrogen (secondary N) is 5. The van der Waals surface area contributed by atoms with Crippen molar-refractivity contribution in [2.75, 3.05) is 30.1 Å². The molecular formula is C67H76I3N11O38S2. The van der Waals surface area contributed by atoms with Crippen LogP contribution in [0.1, 0.15) is 77.5 Å². The normalized spacial score (nSPS) is 19.0. The first-order valence-electron chi connectivity index (χ1n) is 33.4. The van der Waals surface area contributed by atoms with Crippen molar-refractivity contribution < 1.29 is 183 Å². The van der Waals surface area contributed by atoms with Crippen molar-refractivity contribution >= 4 is 192 Å². The van der Waals surface area contributed by atoms with Crippen molar-refractivity contribution in [1.29, 1.82) is 0 Å². The smallest absolute Gasteiger partial charge is 0.340 e. The summed E-state index contributed by atoms with van der Waals surface area (Å²) in [5.41, 5.74) is 28.3. The van der Waals surface area contributed by atoms with Gasteiger partial charge in [-0.15, -0.1) is 28.4 Å². The summed E-state index contributed by atoms with van der Waals surface area (Å²) < 4.78 is 22.4. The lowest BCUT2D eigenvalue weighted by Crippen LogP contribution is -2.61. The van der Waals surface area contributed by atoms with Crippen molar-refractivity contribution in [3.8, 4) is 28.7 Å². The Morgan fingerprint density at radius 2 is 0.868 bits per heavy atom. The molecule has 660 valence electrons. The number of carbonyl (C=O) groups is 15. The van der Waals surface area contributed by atoms with Crippen LogP contribution in [0.5, 0.6) is 28.7 Å². The van der Waals surface area contributed by atoms with Crippen LogP contribution in [-0.4, -0.2) is 291 Å². The van der Waals surface area contributed by atoms with Crippen molar-refractivity contribution in [3.05, 3.63) is 122 Å². The van der Waals surface area contributed by atoms with Crippen LogP contribution in [0.3, 0.4) is 0 Å². The van der Waals surface area contributed by atoms with Gasteiger partial charge in [-0.2, -0.15) is 0 Å². The number of benzene rings is 5. The Morgan fingerprint density at radius 3 is 1.27 bits per heavy atom. The minimum Gasteiger partial charge on any atom is -0.507 e. The number of rotatable bonds is 34. The van der Waals surface area contributed by atoms with Gasteiger partial charge in [-0.05, 0) is 165 Å². The van der Waals surface area contributed by atoms with Gasteiger partial charge in [0.1, 0.15) is 108 Å². The van der Waals surface area contributed by atoms with Gasteiger partial charge in [0.15, 0.2) is 12.2 Å². The van der Waals surface area contributed by atoms with Gasteiger partial charge in [0, 0.05) is 48.2 Å². The summed E-state index contributed by atoms with van der Waals surface area (Å²) in [4.78, 5) is 181. The van der Waals surface area contributed by atoms with E-state index in [4.69, 9.17) is 83.5 Å². The van der Waals surface area contributed by atoms with Crippen molar-refractivity contribution in [2.24, 2.45) is 33.8 Å². The highest BCUT2D eigenvalue weighted by molar-refractivity contribution is 14.1. The SMILES string of the molecule is NC(=O)c1ccc(I)c(N=O)c1.NC(=O)c1ccc(I)c(NO)c1.NC(=O)c1ccc(I)c(O)c1.NC(CCC(=O)NC(CSc1c(O)cc(C(=O)O)cc1OC1OC(C(=O)O)[C@@H](O)[C@H](O)[C@H]1O)C(=O)NCC(=O)O)C(=O)O.NC(CCC(=O)NC(CSc1c(O)cc(C(=O)OC2OC(C(=O)O)[C@@H](O)[C@H](O)[C@H]2O)cc1O)C(=O)NCC(=O)O)C(=O)O. The number of ether oxygens (including phenoxy) is 4. The van der Waals surface area contributed by atoms with Gasteiger partial charge >= 0.3 is 47.8 Å². The fourth-order valence-corrected chi connectivity index (χ4v) is 12.4. The van der Waals surface area contributed by atoms with Crippen LogP contribution < -0.4 is 60.2 Å². The maximum atomic E-state index is 12.6. The molecule has 2 heterocycles. The van der Waals surface area contributed by atoms with E-state index in [9.17, 15) is 133 Å². The Labute approximate surface area is 726 Å². The molecule has 5 aromatic rings. The molecule has 54 heteroatoms. The van der Waals surface area contributed by atoms with Gasteiger partial charge in [-0.1, -0.05) is 0 Å². The zero-order valence-corrected chi connectivity index (χ0v) is 69.3. The number of aliphatic hydroxyl groups is 6. The molecule has 2 saturated heterocycles. The summed E-state index contributed by atoms with van der Waals surface area (Å²) in [5, 5.41) is 183. The number of halogens is 3. The Bertz CT molecular complexity index is 4630. The number of hydrogen-bond acceptors (Lipinski definition) is 37. The Balaban J connectivity index is 0.000000445. The second-order valence-electron chi connectivity index (χ2n) is 24.3. The standard InChI is InChI=1S/2C23H29N3O16S.C7H7IN2O2.C7H5IN2O2.C7H6INO2/c24-8(20(36)37)1-2-12(29)26-9(19(35)25-5-13(30)31)6-43-18-10(27)3-7(4-11(18)28)22(40)42-23-16(34)14(32)15(33)17(41-23)21(38)39;24-8(21(37)38)1-2-12(28)26-9(19(34)25-5-13(29)30)6-43-18-10(27)3-7(20(35)36)4-11(18)41-23-16(33)14(31)15(32)17(42-23)22(39)40;2*8-5-2-1-4(7(9)11)3-6(5)10-12;8-5-2-1-4(7(9)11)3-6(5)10/h3-4,8-9,14-17,23,27-28,32-34H,1-2,5-6,24H2,(H,25,35)(H,26,29)(H,30,31)(H,36,37)(H,38,39);3-4,8-9,14-17,23,27,31-33H,1-2,5-6,24H2,(H,25,34)(H,26,28)(H,29,30)(H,35,36)(H,37,38)(H,39,40);1-3,10,12H,(H2,9,11);1-3H,(H2,9,11);1-3,10H,(H2,9,11)/t2*8?,9?,14-,15-,16+,17?,23?;;;/m00.../s1. The summed E-state index contributed by atoms with van der Waals surface area (Å²) >= 11 is 7.09. The number of thioether (sulfide) groups is 2. The van der Waals surface area contributed by atoms with Crippen LogP contribution >= 0.6 is 91.3 Å². The number of aromatic hydroxyl groups is 4. The number of anilines is 1. The molecule has 14 atom stereocenters. The molecule has 2 aliphatic rings. The van der Waals surface area contributed by atoms with E-state index in [1.807, 2.05) is 83.9 Å². The Morgan fingerprint density at radius 1 is 0.479 bits per heavy atom. The monoisotopic (exact) mass is 2090 g/mol. The zero-order chi connectivity index (χ0) is 91.9. The third-order valence-corrected chi connectivity index (χ3v) is 20.7. The first-order valence-corrected chi connectivity index (χ1v) is 38.6. The maximum Gasteiger partial charge on any atom is 0.340 e. The molecule has 7 rings (SSSR count). The predicted molar refractivity (Wildman–Crippen MR) is 431 cm³/mol. The van der Waals surface area contributed by atoms with E-state index in [1.165, 1.54) is 18.2 Å². The summed E-state index contributed by atoms with van der Waals surface area (Å²) in [5.74, 6) is -20.8. The second-order valence-corrected chi connectivity index (χ2v) is 29.9. The molecule has 0 spiro atoms. The Hall–Kier alpha value is -11.0. The number of aliphatic carboxylic acids is 6. The van der Waals surface area contributed by atoms with Crippen LogP contribution in [-0.2, 0) is 62.2 Å². The molecule has 0 saturated carbocycles. The summed E-state index contributed by atoms with van der Waals surface area (Å²) in [6.07, 6.45) is -22.1. The van der Waals surface area contributed by atoms with Gasteiger partial charge in [0.2, 0.25) is 53.9 Å². The quantitative estimate of drug-likeness (QED) is 0.00625. The van der Waals surface area contributed by atoms with Crippen LogP contribution in [0.4, 0.5) is 11.4 Å². The van der Waals surface area contributed by atoms with Gasteiger partial charge in [-0.25, -0.2) is 19.2 Å². The van der Waals surface area contributed by atoms with Gasteiger partial charge < -0.3 is 156 Å². The number of amides is 7. The lowest BCUT2D eigenvalue weighted by Gasteiger charge is -2.38. The molecule has 8 unspecified atom stereocenters. The molecule has 0 aliphatic carbocycles. The number of primary amides is 3. The largest absolute Gasteiger partial charge is 0.507 e. The van der Waals surface area contributed by atoms with E-state index in [0.717, 1.165) is 27.8 Å².